The van der Waals surface area contributed by atoms with Gasteiger partial charge < -0.3 is 10.1 Å². The molecule has 0 bridgehead atoms. The van der Waals surface area contributed by atoms with Crippen molar-refractivity contribution in [1.82, 2.24) is 15.2 Å². The number of aromatic nitrogens is 1. The topological polar surface area (TPSA) is 54.5 Å². The van der Waals surface area contributed by atoms with Crippen LogP contribution in [0.25, 0.3) is 0 Å². The van der Waals surface area contributed by atoms with Gasteiger partial charge in [0.25, 0.3) is 0 Å². The summed E-state index contributed by atoms with van der Waals surface area (Å²) in [6.07, 6.45) is 13.5. The Morgan fingerprint density at radius 3 is 2.71 bits per heavy atom. The zero-order chi connectivity index (χ0) is 19.2. The van der Waals surface area contributed by atoms with Crippen LogP contribution in [0.1, 0.15) is 69.9 Å². The van der Waals surface area contributed by atoms with Gasteiger partial charge in [-0.3, -0.25) is 14.7 Å². The van der Waals surface area contributed by atoms with Crippen molar-refractivity contribution < 1.29 is 9.53 Å². The fourth-order valence-corrected chi connectivity index (χ4v) is 5.20. The van der Waals surface area contributed by atoms with Crippen LogP contribution >= 0.6 is 0 Å². The van der Waals surface area contributed by atoms with Crippen LogP contribution < -0.4 is 5.32 Å². The van der Waals surface area contributed by atoms with Gasteiger partial charge >= 0.3 is 0 Å². The number of piperidine rings is 1. The Morgan fingerprint density at radius 2 is 1.96 bits per heavy atom. The monoisotopic (exact) mass is 385 g/mol. The van der Waals surface area contributed by atoms with E-state index in [0.29, 0.717) is 18.9 Å². The predicted molar refractivity (Wildman–Crippen MR) is 110 cm³/mol. The summed E-state index contributed by atoms with van der Waals surface area (Å²) in [5, 5.41) is 3.15. The molecule has 28 heavy (non-hydrogen) atoms. The Labute approximate surface area is 169 Å². The maximum Gasteiger partial charge on any atom is 0.220 e. The average Bonchev–Trinajstić information content (AvgIpc) is 3.13. The SMILES string of the molecule is O=C(CC1CCCCC1)NCC1CCC2(CCN(Cc3ccccn3)CC2)O1. The van der Waals surface area contributed by atoms with Gasteiger partial charge in [0.2, 0.25) is 5.91 Å². The molecule has 3 fully saturated rings. The summed E-state index contributed by atoms with van der Waals surface area (Å²) in [5.74, 6) is 0.828. The molecule has 1 spiro atoms. The first-order valence-corrected chi connectivity index (χ1v) is 11.3. The summed E-state index contributed by atoms with van der Waals surface area (Å²) in [6, 6.07) is 6.12. The van der Waals surface area contributed by atoms with Gasteiger partial charge in [0, 0.05) is 38.8 Å². The van der Waals surface area contributed by atoms with Crippen molar-refractivity contribution in [2.24, 2.45) is 5.92 Å². The van der Waals surface area contributed by atoms with Crippen molar-refractivity contribution in [3.8, 4) is 0 Å². The second kappa shape index (κ2) is 9.36. The number of amides is 1. The van der Waals surface area contributed by atoms with E-state index in [4.69, 9.17) is 4.74 Å². The third-order valence-corrected chi connectivity index (χ3v) is 6.94. The van der Waals surface area contributed by atoms with Crippen LogP contribution in [-0.4, -0.2) is 47.1 Å². The normalized spacial score (nSPS) is 25.8. The van der Waals surface area contributed by atoms with Crippen LogP contribution in [0.4, 0.5) is 0 Å². The highest BCUT2D eigenvalue weighted by atomic mass is 16.5. The van der Waals surface area contributed by atoms with Gasteiger partial charge in [-0.05, 0) is 56.6 Å². The molecule has 1 saturated carbocycles. The summed E-state index contributed by atoms with van der Waals surface area (Å²) >= 11 is 0. The quantitative estimate of drug-likeness (QED) is 0.812. The molecule has 0 radical (unpaired) electrons. The van der Waals surface area contributed by atoms with Crippen LogP contribution in [-0.2, 0) is 16.1 Å². The number of pyridine rings is 1. The summed E-state index contributed by atoms with van der Waals surface area (Å²) in [5.41, 5.74) is 1.18. The molecule has 2 aliphatic heterocycles. The van der Waals surface area contributed by atoms with Gasteiger partial charge in [-0.15, -0.1) is 0 Å². The highest BCUT2D eigenvalue weighted by Crippen LogP contribution is 2.39. The lowest BCUT2D eigenvalue weighted by molar-refractivity contribution is -0.124. The van der Waals surface area contributed by atoms with Crippen molar-refractivity contribution in [1.29, 1.82) is 0 Å². The zero-order valence-electron chi connectivity index (χ0n) is 17.1. The molecule has 4 rings (SSSR count). The molecule has 2 saturated heterocycles. The Bertz CT molecular complexity index is 622. The van der Waals surface area contributed by atoms with Crippen LogP contribution in [0.3, 0.4) is 0 Å². The van der Waals surface area contributed by atoms with Gasteiger partial charge in [-0.1, -0.05) is 25.3 Å². The van der Waals surface area contributed by atoms with Crippen molar-refractivity contribution in [3.05, 3.63) is 30.1 Å². The Morgan fingerprint density at radius 1 is 1.14 bits per heavy atom. The minimum Gasteiger partial charge on any atom is -0.370 e. The maximum absolute atomic E-state index is 12.3. The highest BCUT2D eigenvalue weighted by molar-refractivity contribution is 5.76. The molecule has 1 atom stereocenters. The van der Waals surface area contributed by atoms with Crippen molar-refractivity contribution >= 4 is 5.91 Å². The van der Waals surface area contributed by atoms with E-state index in [0.717, 1.165) is 51.0 Å². The number of ether oxygens (including phenoxy) is 1. The van der Waals surface area contributed by atoms with E-state index in [-0.39, 0.29) is 17.6 Å². The van der Waals surface area contributed by atoms with Gasteiger partial charge in [0.15, 0.2) is 0 Å². The summed E-state index contributed by atoms with van der Waals surface area (Å²) in [7, 11) is 0. The van der Waals surface area contributed by atoms with Gasteiger partial charge in [0.1, 0.15) is 0 Å². The lowest BCUT2D eigenvalue weighted by atomic mass is 9.87. The number of likely N-dealkylation sites (tertiary alicyclic amines) is 1. The Hall–Kier alpha value is -1.46. The van der Waals surface area contributed by atoms with Gasteiger partial charge in [-0.2, -0.15) is 0 Å². The molecule has 1 aliphatic carbocycles. The average molecular weight is 386 g/mol. The molecule has 1 unspecified atom stereocenters. The molecule has 1 amide bonds. The largest absolute Gasteiger partial charge is 0.370 e. The Balaban J connectivity index is 1.16. The minimum absolute atomic E-state index is 0.0411. The first-order chi connectivity index (χ1) is 13.7. The van der Waals surface area contributed by atoms with Gasteiger partial charge in [0.05, 0.1) is 17.4 Å². The number of carbonyl (C=O) groups is 1. The third kappa shape index (κ3) is 5.32. The van der Waals surface area contributed by atoms with Crippen molar-refractivity contribution in [2.45, 2.75) is 82.5 Å². The smallest absolute Gasteiger partial charge is 0.220 e. The maximum atomic E-state index is 12.3. The van der Waals surface area contributed by atoms with E-state index in [1.165, 1.54) is 32.1 Å². The molecule has 1 aromatic heterocycles. The van der Waals surface area contributed by atoms with Gasteiger partial charge in [-0.25, -0.2) is 0 Å². The molecule has 154 valence electrons. The lowest BCUT2D eigenvalue weighted by Gasteiger charge is -2.39. The number of carbonyl (C=O) groups excluding carboxylic acids is 1. The third-order valence-electron chi connectivity index (χ3n) is 6.94. The molecule has 3 heterocycles. The highest BCUT2D eigenvalue weighted by Gasteiger charge is 2.42. The van der Waals surface area contributed by atoms with Crippen molar-refractivity contribution in [2.75, 3.05) is 19.6 Å². The molecule has 1 aromatic rings. The van der Waals surface area contributed by atoms with Crippen LogP contribution in [0, 0.1) is 5.92 Å². The van der Waals surface area contributed by atoms with Crippen LogP contribution in [0.15, 0.2) is 24.4 Å². The molecule has 3 aliphatic rings. The van der Waals surface area contributed by atoms with E-state index < -0.39 is 0 Å². The minimum atomic E-state index is 0.0411. The zero-order valence-corrected chi connectivity index (χ0v) is 17.1. The first-order valence-electron chi connectivity index (χ1n) is 11.3. The first kappa shape index (κ1) is 19.8. The second-order valence-electron chi connectivity index (χ2n) is 9.07. The molecule has 5 heteroatoms. The predicted octanol–water partition coefficient (Wildman–Crippen LogP) is 3.68. The second-order valence-corrected chi connectivity index (χ2v) is 9.07. The molecule has 5 nitrogen and oxygen atoms in total. The standard InChI is InChI=1S/C23H35N3O2/c27-22(16-19-6-2-1-3-7-19)25-17-21-9-10-23(28-21)11-14-26(15-12-23)18-20-8-4-5-13-24-20/h4-5,8,13,19,21H,1-3,6-7,9-12,14-18H2,(H,25,27). The fraction of sp³-hybridized carbons (Fsp3) is 0.739. The van der Waals surface area contributed by atoms with Crippen LogP contribution in [0.2, 0.25) is 0 Å². The molecular weight excluding hydrogens is 350 g/mol. The van der Waals surface area contributed by atoms with Crippen LogP contribution in [0.5, 0.6) is 0 Å². The Kier molecular flexibility index (Phi) is 6.63. The number of hydrogen-bond acceptors (Lipinski definition) is 4. The number of nitrogens with one attached hydrogen (secondary N) is 1. The van der Waals surface area contributed by atoms with E-state index in [1.54, 1.807) is 0 Å². The van der Waals surface area contributed by atoms with E-state index in [1.807, 2.05) is 12.3 Å². The number of hydrogen-bond donors (Lipinski definition) is 1. The van der Waals surface area contributed by atoms with E-state index in [9.17, 15) is 4.79 Å². The molecule has 1 N–H and O–H groups in total. The van der Waals surface area contributed by atoms with E-state index in [2.05, 4.69) is 27.3 Å². The van der Waals surface area contributed by atoms with E-state index >= 15 is 0 Å². The fourth-order valence-electron chi connectivity index (χ4n) is 5.20. The summed E-state index contributed by atoms with van der Waals surface area (Å²) < 4.78 is 6.47. The number of nitrogens with zero attached hydrogens (tertiary/aromatic N) is 2. The lowest BCUT2D eigenvalue weighted by Crippen LogP contribution is -2.45. The molecular formula is C23H35N3O2. The summed E-state index contributed by atoms with van der Waals surface area (Å²) in [6.45, 7) is 3.75. The number of rotatable bonds is 6. The summed E-state index contributed by atoms with van der Waals surface area (Å²) in [4.78, 5) is 19.2. The molecule has 0 aromatic carbocycles. The van der Waals surface area contributed by atoms with Crippen molar-refractivity contribution in [3.63, 3.8) is 0 Å².